The van der Waals surface area contributed by atoms with E-state index >= 15 is 0 Å². The zero-order chi connectivity index (χ0) is 13.8. The van der Waals surface area contributed by atoms with E-state index in [0.29, 0.717) is 16.3 Å². The van der Waals surface area contributed by atoms with E-state index in [2.05, 4.69) is 0 Å². The van der Waals surface area contributed by atoms with Crippen LogP contribution in [0, 0.1) is 5.82 Å². The fraction of sp³-hybridized carbons (Fsp3) is 0.0714. The van der Waals surface area contributed by atoms with Gasteiger partial charge in [-0.3, -0.25) is 0 Å². The number of thioether (sulfide) groups is 1. The predicted octanol–water partition coefficient (Wildman–Crippen LogP) is 4.47. The van der Waals surface area contributed by atoms with Gasteiger partial charge >= 0.3 is 5.97 Å². The second kappa shape index (κ2) is 6.08. The SMILES string of the molecule is O=C(O)c1ccc(F)c(CSc2cccc(Cl)c2)c1. The molecular weight excluding hydrogens is 287 g/mol. The minimum absolute atomic E-state index is 0.0862. The highest BCUT2D eigenvalue weighted by Gasteiger charge is 2.08. The van der Waals surface area contributed by atoms with Crippen molar-refractivity contribution in [2.24, 2.45) is 0 Å². The van der Waals surface area contributed by atoms with Crippen LogP contribution < -0.4 is 0 Å². The zero-order valence-electron chi connectivity index (χ0n) is 9.77. The summed E-state index contributed by atoms with van der Waals surface area (Å²) in [5.74, 6) is -1.11. The lowest BCUT2D eigenvalue weighted by Gasteiger charge is -2.05. The highest BCUT2D eigenvalue weighted by atomic mass is 35.5. The summed E-state index contributed by atoms with van der Waals surface area (Å²) >= 11 is 7.26. The minimum atomic E-state index is -1.06. The number of benzene rings is 2. The number of carbonyl (C=O) groups is 1. The maximum Gasteiger partial charge on any atom is 0.335 e. The molecule has 0 aliphatic carbocycles. The smallest absolute Gasteiger partial charge is 0.335 e. The molecule has 0 saturated carbocycles. The van der Waals surface area contributed by atoms with E-state index in [4.69, 9.17) is 16.7 Å². The minimum Gasteiger partial charge on any atom is -0.478 e. The Labute approximate surface area is 119 Å². The van der Waals surface area contributed by atoms with Crippen molar-refractivity contribution in [3.8, 4) is 0 Å². The topological polar surface area (TPSA) is 37.3 Å². The van der Waals surface area contributed by atoms with Crippen LogP contribution in [-0.2, 0) is 5.75 Å². The third-order valence-corrected chi connectivity index (χ3v) is 3.76. The molecule has 0 saturated heterocycles. The number of carboxylic acid groups (broad SMARTS) is 1. The van der Waals surface area contributed by atoms with Crippen LogP contribution in [-0.4, -0.2) is 11.1 Å². The first kappa shape index (κ1) is 13.9. The molecule has 0 unspecified atom stereocenters. The Hall–Kier alpha value is -1.52. The van der Waals surface area contributed by atoms with Crippen molar-refractivity contribution in [2.75, 3.05) is 0 Å². The molecule has 0 fully saturated rings. The lowest BCUT2D eigenvalue weighted by atomic mass is 10.1. The Morgan fingerprint density at radius 3 is 2.74 bits per heavy atom. The number of hydrogen-bond acceptors (Lipinski definition) is 2. The van der Waals surface area contributed by atoms with Crippen molar-refractivity contribution in [2.45, 2.75) is 10.6 Å². The van der Waals surface area contributed by atoms with Crippen LogP contribution in [0.1, 0.15) is 15.9 Å². The molecule has 2 aromatic carbocycles. The Bertz CT molecular complexity index is 616. The molecule has 0 aliphatic heterocycles. The highest BCUT2D eigenvalue weighted by Crippen LogP contribution is 2.26. The van der Waals surface area contributed by atoms with E-state index in [1.165, 1.54) is 30.0 Å². The normalized spacial score (nSPS) is 10.4. The Balaban J connectivity index is 2.15. The summed E-state index contributed by atoms with van der Waals surface area (Å²) < 4.78 is 13.6. The average Bonchev–Trinajstić information content (AvgIpc) is 2.37. The summed E-state index contributed by atoms with van der Waals surface area (Å²) in [4.78, 5) is 11.7. The number of halogens is 2. The van der Waals surface area contributed by atoms with Crippen LogP contribution >= 0.6 is 23.4 Å². The molecule has 0 aliphatic rings. The van der Waals surface area contributed by atoms with Crippen molar-refractivity contribution in [1.82, 2.24) is 0 Å². The fourth-order valence-electron chi connectivity index (χ4n) is 1.54. The van der Waals surface area contributed by atoms with Crippen molar-refractivity contribution in [1.29, 1.82) is 0 Å². The summed E-state index contributed by atoms with van der Waals surface area (Å²) in [6, 6.07) is 11.0. The molecule has 0 aromatic heterocycles. The van der Waals surface area contributed by atoms with Crippen LogP contribution in [0.25, 0.3) is 0 Å². The summed E-state index contributed by atoms with van der Waals surface area (Å²) in [6.07, 6.45) is 0. The maximum atomic E-state index is 13.6. The van der Waals surface area contributed by atoms with Crippen molar-refractivity contribution in [3.05, 3.63) is 64.4 Å². The number of rotatable bonds is 4. The van der Waals surface area contributed by atoms with Gasteiger partial charge in [0.15, 0.2) is 0 Å². The molecular formula is C14H10ClFO2S. The van der Waals surface area contributed by atoms with Crippen LogP contribution in [0.5, 0.6) is 0 Å². The summed E-state index contributed by atoms with van der Waals surface area (Å²) in [7, 11) is 0. The van der Waals surface area contributed by atoms with Gasteiger partial charge in [0.05, 0.1) is 5.56 Å². The van der Waals surface area contributed by atoms with Gasteiger partial charge in [0.2, 0.25) is 0 Å². The molecule has 0 bridgehead atoms. The van der Waals surface area contributed by atoms with Gasteiger partial charge in [-0.1, -0.05) is 17.7 Å². The highest BCUT2D eigenvalue weighted by molar-refractivity contribution is 7.98. The van der Waals surface area contributed by atoms with Crippen molar-refractivity contribution >= 4 is 29.3 Å². The van der Waals surface area contributed by atoms with Gasteiger partial charge in [0, 0.05) is 15.7 Å². The van der Waals surface area contributed by atoms with Crippen molar-refractivity contribution < 1.29 is 14.3 Å². The third kappa shape index (κ3) is 3.72. The molecule has 5 heteroatoms. The molecule has 0 atom stereocenters. The second-order valence-corrected chi connectivity index (χ2v) is 5.34. The Morgan fingerprint density at radius 1 is 1.26 bits per heavy atom. The molecule has 1 N–H and O–H groups in total. The first-order valence-corrected chi connectivity index (χ1v) is 6.83. The van der Waals surface area contributed by atoms with E-state index < -0.39 is 11.8 Å². The number of aromatic carboxylic acids is 1. The standard InChI is InChI=1S/C14H10ClFO2S/c15-11-2-1-3-12(7-11)19-8-10-6-9(14(17)18)4-5-13(10)16/h1-7H,8H2,(H,17,18). The van der Waals surface area contributed by atoms with E-state index in [9.17, 15) is 9.18 Å². The first-order valence-electron chi connectivity index (χ1n) is 5.46. The molecule has 0 radical (unpaired) electrons. The summed E-state index contributed by atoms with van der Waals surface area (Å²) in [6.45, 7) is 0. The van der Waals surface area contributed by atoms with E-state index in [1.54, 1.807) is 12.1 Å². The molecule has 0 spiro atoms. The maximum absolute atomic E-state index is 13.6. The van der Waals surface area contributed by atoms with E-state index in [0.717, 1.165) is 4.90 Å². The van der Waals surface area contributed by atoms with Crippen molar-refractivity contribution in [3.63, 3.8) is 0 Å². The Morgan fingerprint density at radius 2 is 2.05 bits per heavy atom. The average molecular weight is 297 g/mol. The van der Waals surface area contributed by atoms with Gasteiger partial charge in [-0.25, -0.2) is 9.18 Å². The fourth-order valence-corrected chi connectivity index (χ4v) is 2.72. The largest absolute Gasteiger partial charge is 0.478 e. The number of hydrogen-bond donors (Lipinski definition) is 1. The first-order chi connectivity index (χ1) is 9.06. The lowest BCUT2D eigenvalue weighted by molar-refractivity contribution is 0.0696. The van der Waals surface area contributed by atoms with Gasteiger partial charge in [0.1, 0.15) is 5.82 Å². The summed E-state index contributed by atoms with van der Waals surface area (Å²) in [5.41, 5.74) is 0.452. The van der Waals surface area contributed by atoms with Crippen LogP contribution in [0.2, 0.25) is 5.02 Å². The second-order valence-electron chi connectivity index (χ2n) is 3.86. The van der Waals surface area contributed by atoms with Crippen LogP contribution in [0.3, 0.4) is 0 Å². The lowest BCUT2D eigenvalue weighted by Crippen LogP contribution is -1.99. The zero-order valence-corrected chi connectivity index (χ0v) is 11.3. The van der Waals surface area contributed by atoms with Gasteiger partial charge in [-0.2, -0.15) is 0 Å². The molecule has 2 nitrogen and oxygen atoms in total. The molecule has 2 aromatic rings. The van der Waals surface area contributed by atoms with Crippen LogP contribution in [0.4, 0.5) is 4.39 Å². The predicted molar refractivity (Wildman–Crippen MR) is 74.4 cm³/mol. The quantitative estimate of drug-likeness (QED) is 0.846. The van der Waals surface area contributed by atoms with Gasteiger partial charge < -0.3 is 5.11 Å². The monoisotopic (exact) mass is 296 g/mol. The van der Waals surface area contributed by atoms with Gasteiger partial charge in [0.25, 0.3) is 0 Å². The summed E-state index contributed by atoms with van der Waals surface area (Å²) in [5, 5.41) is 9.49. The molecule has 98 valence electrons. The third-order valence-electron chi connectivity index (χ3n) is 2.48. The van der Waals surface area contributed by atoms with Crippen LogP contribution in [0.15, 0.2) is 47.4 Å². The van der Waals surface area contributed by atoms with Gasteiger partial charge in [-0.15, -0.1) is 11.8 Å². The molecule has 19 heavy (non-hydrogen) atoms. The molecule has 2 rings (SSSR count). The van der Waals surface area contributed by atoms with E-state index in [-0.39, 0.29) is 5.56 Å². The van der Waals surface area contributed by atoms with E-state index in [1.807, 2.05) is 12.1 Å². The Kier molecular flexibility index (Phi) is 4.45. The van der Waals surface area contributed by atoms with Gasteiger partial charge in [-0.05, 0) is 42.0 Å². The number of carboxylic acids is 1. The molecule has 0 amide bonds. The molecule has 0 heterocycles.